The summed E-state index contributed by atoms with van der Waals surface area (Å²) < 4.78 is 8.11. The van der Waals surface area contributed by atoms with Gasteiger partial charge < -0.3 is 10.1 Å². The molecule has 0 saturated heterocycles. The summed E-state index contributed by atoms with van der Waals surface area (Å²) in [7, 11) is 0. The Hall–Kier alpha value is -3.79. The van der Waals surface area contributed by atoms with Gasteiger partial charge in [-0.1, -0.05) is 11.6 Å². The molecule has 0 saturated carbocycles. The van der Waals surface area contributed by atoms with E-state index in [2.05, 4.69) is 25.5 Å². The third-order valence-electron chi connectivity index (χ3n) is 4.01. The molecular formula is C18H14ClN7O3. The van der Waals surface area contributed by atoms with Gasteiger partial charge in [-0.2, -0.15) is 10.2 Å². The van der Waals surface area contributed by atoms with E-state index in [1.165, 1.54) is 21.9 Å². The summed E-state index contributed by atoms with van der Waals surface area (Å²) in [4.78, 5) is 32.8. The van der Waals surface area contributed by atoms with Gasteiger partial charge >= 0.3 is 5.97 Å². The van der Waals surface area contributed by atoms with Crippen LogP contribution in [-0.2, 0) is 9.53 Å². The molecule has 0 spiro atoms. The first-order valence-electron chi connectivity index (χ1n) is 8.44. The van der Waals surface area contributed by atoms with E-state index in [-0.39, 0.29) is 5.56 Å². The van der Waals surface area contributed by atoms with E-state index in [0.717, 1.165) is 0 Å². The molecule has 0 bridgehead atoms. The lowest BCUT2D eigenvalue weighted by atomic mass is 10.2. The maximum atomic E-state index is 12.5. The maximum Gasteiger partial charge on any atom is 0.344 e. The number of nitrogens with one attached hydrogen (secondary N) is 1. The first-order chi connectivity index (χ1) is 14.0. The first-order valence-corrected chi connectivity index (χ1v) is 8.82. The van der Waals surface area contributed by atoms with Gasteiger partial charge in [0.1, 0.15) is 18.2 Å². The Bertz CT molecular complexity index is 1200. The average molecular weight is 412 g/mol. The van der Waals surface area contributed by atoms with Gasteiger partial charge in [0, 0.05) is 17.4 Å². The van der Waals surface area contributed by atoms with Crippen molar-refractivity contribution in [2.45, 2.75) is 6.92 Å². The number of hydrogen-bond acceptors (Lipinski definition) is 7. The van der Waals surface area contributed by atoms with E-state index < -0.39 is 18.5 Å². The molecule has 0 aliphatic carbocycles. The van der Waals surface area contributed by atoms with E-state index in [1.807, 2.05) is 0 Å². The number of aryl methyl sites for hydroxylation is 1. The molecule has 3 aromatic heterocycles. The molecule has 1 amide bonds. The zero-order valence-electron chi connectivity index (χ0n) is 15.1. The van der Waals surface area contributed by atoms with Crippen molar-refractivity contribution in [1.29, 1.82) is 0 Å². The second-order valence-electron chi connectivity index (χ2n) is 5.97. The molecule has 0 atom stereocenters. The van der Waals surface area contributed by atoms with Crippen LogP contribution in [0.2, 0.25) is 5.02 Å². The summed E-state index contributed by atoms with van der Waals surface area (Å²) in [5.41, 5.74) is 1.99. The quantitative estimate of drug-likeness (QED) is 0.499. The molecule has 3 heterocycles. The second kappa shape index (κ2) is 7.68. The monoisotopic (exact) mass is 411 g/mol. The van der Waals surface area contributed by atoms with Gasteiger partial charge in [-0.3, -0.25) is 4.79 Å². The summed E-state index contributed by atoms with van der Waals surface area (Å²) in [5.74, 6) is -1.22. The number of anilines is 1. The van der Waals surface area contributed by atoms with Gasteiger partial charge in [0.15, 0.2) is 12.3 Å². The lowest BCUT2D eigenvalue weighted by molar-refractivity contribution is -0.119. The fourth-order valence-electron chi connectivity index (χ4n) is 2.77. The highest BCUT2D eigenvalue weighted by Crippen LogP contribution is 2.24. The van der Waals surface area contributed by atoms with E-state index in [0.29, 0.717) is 27.7 Å². The lowest BCUT2D eigenvalue weighted by Crippen LogP contribution is -2.22. The topological polar surface area (TPSA) is 116 Å². The smallest absolute Gasteiger partial charge is 0.344 e. The van der Waals surface area contributed by atoms with Crippen molar-refractivity contribution in [1.82, 2.24) is 29.4 Å². The lowest BCUT2D eigenvalue weighted by Gasteiger charge is -2.11. The van der Waals surface area contributed by atoms with Crippen LogP contribution in [0.1, 0.15) is 16.1 Å². The van der Waals surface area contributed by atoms with Crippen molar-refractivity contribution in [2.24, 2.45) is 0 Å². The number of benzene rings is 1. The molecule has 146 valence electrons. The predicted molar refractivity (Wildman–Crippen MR) is 103 cm³/mol. The van der Waals surface area contributed by atoms with Crippen LogP contribution in [0.5, 0.6) is 0 Å². The van der Waals surface area contributed by atoms with Crippen LogP contribution in [-0.4, -0.2) is 47.8 Å². The number of esters is 1. The van der Waals surface area contributed by atoms with Gasteiger partial charge in [0.05, 0.1) is 17.1 Å². The number of aromatic nitrogens is 6. The maximum absolute atomic E-state index is 12.5. The van der Waals surface area contributed by atoms with Crippen molar-refractivity contribution in [3.05, 3.63) is 65.6 Å². The molecule has 0 unspecified atom stereocenters. The highest BCUT2D eigenvalue weighted by atomic mass is 35.5. The Morgan fingerprint density at radius 3 is 2.97 bits per heavy atom. The van der Waals surface area contributed by atoms with E-state index in [1.54, 1.807) is 43.6 Å². The number of carbonyl (C=O) groups is 2. The number of nitrogens with zero attached hydrogens (tertiary/aromatic N) is 6. The molecule has 0 aliphatic rings. The van der Waals surface area contributed by atoms with E-state index in [9.17, 15) is 9.59 Å². The standard InChI is InChI=1S/C18H14ClN7O3/c1-11-16(17-21-5-2-6-25(17)24-11)18(28)29-8-15(27)23-13-7-12(19)3-4-14(13)26-10-20-9-22-26/h2-7,9-10H,8H2,1H3,(H,23,27). The van der Waals surface area contributed by atoms with Crippen LogP contribution in [0.4, 0.5) is 5.69 Å². The summed E-state index contributed by atoms with van der Waals surface area (Å²) in [6, 6.07) is 6.61. The fourth-order valence-corrected chi connectivity index (χ4v) is 2.94. The van der Waals surface area contributed by atoms with Crippen molar-refractivity contribution in [3.8, 4) is 5.69 Å². The van der Waals surface area contributed by atoms with Gasteiger partial charge in [-0.15, -0.1) is 0 Å². The second-order valence-corrected chi connectivity index (χ2v) is 6.41. The minimum absolute atomic E-state index is 0.212. The summed E-state index contributed by atoms with van der Waals surface area (Å²) in [6.07, 6.45) is 6.07. The Kier molecular flexibility index (Phi) is 4.92. The van der Waals surface area contributed by atoms with Gasteiger partial charge in [-0.05, 0) is 31.2 Å². The van der Waals surface area contributed by atoms with Crippen molar-refractivity contribution in [2.75, 3.05) is 11.9 Å². The summed E-state index contributed by atoms with van der Waals surface area (Å²) >= 11 is 6.03. The van der Waals surface area contributed by atoms with Crippen LogP contribution >= 0.6 is 11.6 Å². The molecule has 0 radical (unpaired) electrons. The Morgan fingerprint density at radius 2 is 2.17 bits per heavy atom. The molecule has 1 aromatic carbocycles. The van der Waals surface area contributed by atoms with Gasteiger partial charge in [0.25, 0.3) is 5.91 Å². The number of rotatable bonds is 5. The molecule has 0 aliphatic heterocycles. The number of hydrogen-bond donors (Lipinski definition) is 1. The van der Waals surface area contributed by atoms with Crippen molar-refractivity contribution >= 4 is 34.8 Å². The van der Waals surface area contributed by atoms with Crippen LogP contribution < -0.4 is 5.32 Å². The van der Waals surface area contributed by atoms with Gasteiger partial charge in [0.2, 0.25) is 0 Å². The third-order valence-corrected chi connectivity index (χ3v) is 4.24. The van der Waals surface area contributed by atoms with E-state index >= 15 is 0 Å². The first kappa shape index (κ1) is 18.6. The minimum atomic E-state index is -0.686. The van der Waals surface area contributed by atoms with Crippen molar-refractivity contribution < 1.29 is 14.3 Å². The van der Waals surface area contributed by atoms with Crippen LogP contribution in [0.15, 0.2) is 49.3 Å². The highest BCUT2D eigenvalue weighted by molar-refractivity contribution is 6.31. The molecule has 4 aromatic rings. The Labute approximate surface area is 169 Å². The summed E-state index contributed by atoms with van der Waals surface area (Å²) in [5, 5.41) is 11.3. The van der Waals surface area contributed by atoms with Crippen LogP contribution in [0, 0.1) is 6.92 Å². The Morgan fingerprint density at radius 1 is 1.31 bits per heavy atom. The highest BCUT2D eigenvalue weighted by Gasteiger charge is 2.21. The molecular weight excluding hydrogens is 398 g/mol. The minimum Gasteiger partial charge on any atom is -0.452 e. The predicted octanol–water partition coefficient (Wildman–Crippen LogP) is 2.07. The Balaban J connectivity index is 1.48. The SMILES string of the molecule is Cc1nn2cccnc2c1C(=O)OCC(=O)Nc1cc(Cl)ccc1-n1cncn1. The number of amides is 1. The van der Waals surface area contributed by atoms with Crippen LogP contribution in [0.3, 0.4) is 0 Å². The molecule has 29 heavy (non-hydrogen) atoms. The molecule has 1 N–H and O–H groups in total. The average Bonchev–Trinajstić information content (AvgIpc) is 3.33. The molecule has 0 fully saturated rings. The fraction of sp³-hybridized carbons (Fsp3) is 0.111. The summed E-state index contributed by atoms with van der Waals surface area (Å²) in [6.45, 7) is 1.17. The number of halogens is 1. The zero-order chi connectivity index (χ0) is 20.4. The number of fused-ring (bicyclic) bond motifs is 1. The van der Waals surface area contributed by atoms with Gasteiger partial charge in [-0.25, -0.2) is 24.0 Å². The number of ether oxygens (including phenoxy) is 1. The largest absolute Gasteiger partial charge is 0.452 e. The number of carbonyl (C=O) groups excluding carboxylic acids is 2. The van der Waals surface area contributed by atoms with E-state index in [4.69, 9.17) is 16.3 Å². The zero-order valence-corrected chi connectivity index (χ0v) is 15.9. The van der Waals surface area contributed by atoms with Crippen molar-refractivity contribution in [3.63, 3.8) is 0 Å². The molecule has 4 rings (SSSR count). The normalized spacial score (nSPS) is 10.8. The van der Waals surface area contributed by atoms with Crippen LogP contribution in [0.25, 0.3) is 11.3 Å². The third kappa shape index (κ3) is 3.78. The molecule has 10 nitrogen and oxygen atoms in total. The molecule has 11 heteroatoms.